The van der Waals surface area contributed by atoms with Crippen molar-refractivity contribution in [1.82, 2.24) is 20.0 Å². The van der Waals surface area contributed by atoms with E-state index in [4.69, 9.17) is 14.6 Å². The summed E-state index contributed by atoms with van der Waals surface area (Å²) in [5.41, 5.74) is -1.65. The monoisotopic (exact) mass is 578 g/mol. The minimum atomic E-state index is -4.78. The second-order valence-corrected chi connectivity index (χ2v) is 10.3. The quantitative estimate of drug-likeness (QED) is 0.375. The van der Waals surface area contributed by atoms with E-state index in [1.54, 1.807) is 0 Å². The first kappa shape index (κ1) is 27.1. The summed E-state index contributed by atoms with van der Waals surface area (Å²) in [6.45, 7) is -2.07. The van der Waals surface area contributed by atoms with Crippen molar-refractivity contribution in [2.24, 2.45) is 0 Å². The summed E-state index contributed by atoms with van der Waals surface area (Å²) in [6.07, 6.45) is -8.93. The number of benzene rings is 1. The lowest BCUT2D eigenvalue weighted by molar-refractivity contribution is -0.196. The number of rotatable bonds is 7. The lowest BCUT2D eigenvalue weighted by Crippen LogP contribution is -2.42. The van der Waals surface area contributed by atoms with Crippen molar-refractivity contribution >= 4 is 29.2 Å². The van der Waals surface area contributed by atoms with Gasteiger partial charge in [-0.05, 0) is 25.0 Å². The van der Waals surface area contributed by atoms with E-state index in [2.05, 4.69) is 10.2 Å². The van der Waals surface area contributed by atoms with Gasteiger partial charge in [-0.25, -0.2) is 18.4 Å². The molecule has 3 aliphatic rings. The molecule has 1 aromatic heterocycles. The van der Waals surface area contributed by atoms with Gasteiger partial charge in [-0.1, -0.05) is 11.3 Å². The first-order valence-corrected chi connectivity index (χ1v) is 12.3. The largest absolute Gasteiger partial charge is 0.479 e. The molecule has 11 nitrogen and oxygen atoms in total. The van der Waals surface area contributed by atoms with E-state index in [-0.39, 0.29) is 52.7 Å². The predicted molar refractivity (Wildman–Crippen MR) is 118 cm³/mol. The van der Waals surface area contributed by atoms with Crippen LogP contribution in [0.15, 0.2) is 12.1 Å². The average molecular weight is 578 g/mol. The molecule has 1 saturated carbocycles. The summed E-state index contributed by atoms with van der Waals surface area (Å²) >= 11 is 0.763. The van der Waals surface area contributed by atoms with Gasteiger partial charge in [-0.3, -0.25) is 9.69 Å². The molecule has 3 atom stereocenters. The van der Waals surface area contributed by atoms with Crippen molar-refractivity contribution in [3.8, 4) is 16.3 Å². The van der Waals surface area contributed by atoms with E-state index in [9.17, 15) is 37.1 Å². The van der Waals surface area contributed by atoms with Crippen molar-refractivity contribution < 1.29 is 56.0 Å². The van der Waals surface area contributed by atoms with Crippen LogP contribution in [0.25, 0.3) is 10.6 Å². The highest BCUT2D eigenvalue weighted by molar-refractivity contribution is 7.14. The van der Waals surface area contributed by atoms with Crippen LogP contribution >= 0.6 is 11.3 Å². The van der Waals surface area contributed by atoms with E-state index in [1.807, 2.05) is 0 Å². The van der Waals surface area contributed by atoms with Crippen molar-refractivity contribution in [2.75, 3.05) is 6.54 Å². The Labute approximate surface area is 219 Å². The molecule has 1 aromatic carbocycles. The molecule has 5 rings (SSSR count). The fourth-order valence-corrected chi connectivity index (χ4v) is 5.36. The minimum Gasteiger partial charge on any atom is -0.479 e. The second kappa shape index (κ2) is 9.63. The Morgan fingerprint density at radius 2 is 1.92 bits per heavy atom. The summed E-state index contributed by atoms with van der Waals surface area (Å²) in [5, 5.41) is 26.7. The number of aliphatic hydroxyl groups excluding tert-OH is 1. The van der Waals surface area contributed by atoms with Gasteiger partial charge in [0.25, 0.3) is 5.91 Å². The lowest BCUT2D eigenvalue weighted by atomic mass is 10.1. The van der Waals surface area contributed by atoms with Gasteiger partial charge in [0.15, 0.2) is 28.5 Å². The average Bonchev–Trinajstić information content (AvgIpc) is 3.49. The third-order valence-corrected chi connectivity index (χ3v) is 7.46. The van der Waals surface area contributed by atoms with Gasteiger partial charge in [-0.15, -0.1) is 10.2 Å². The van der Waals surface area contributed by atoms with Crippen LogP contribution in [0.1, 0.15) is 30.7 Å². The molecular weight excluding hydrogens is 559 g/mol. The van der Waals surface area contributed by atoms with E-state index in [0.29, 0.717) is 0 Å². The number of hydrogen-bond acceptors (Lipinski definition) is 9. The third kappa shape index (κ3) is 5.12. The Balaban J connectivity index is 1.35. The number of carboxylic acid groups (broad SMARTS) is 1. The van der Waals surface area contributed by atoms with Gasteiger partial charge in [0.2, 0.25) is 6.29 Å². The highest BCUT2D eigenvalue weighted by Gasteiger charge is 2.66. The van der Waals surface area contributed by atoms with Crippen LogP contribution in [-0.2, 0) is 20.9 Å². The molecule has 39 heavy (non-hydrogen) atoms. The van der Waals surface area contributed by atoms with Crippen LogP contribution in [0.4, 0.5) is 26.7 Å². The molecule has 0 radical (unpaired) electrons. The number of alkyl halides is 3. The number of aromatic nitrogens is 2. The summed E-state index contributed by atoms with van der Waals surface area (Å²) in [4.78, 5) is 37.5. The maximum Gasteiger partial charge on any atom is 0.406 e. The van der Waals surface area contributed by atoms with Gasteiger partial charge in [0.05, 0.1) is 18.2 Å². The molecule has 2 unspecified atom stereocenters. The summed E-state index contributed by atoms with van der Waals surface area (Å²) in [6, 6.07) is 0.778. The highest BCUT2D eigenvalue weighted by atomic mass is 32.1. The molecule has 1 spiro atoms. The summed E-state index contributed by atoms with van der Waals surface area (Å²) in [5.74, 6) is -5.60. The third-order valence-electron chi connectivity index (χ3n) is 6.51. The highest BCUT2D eigenvalue weighted by Crippen LogP contribution is 2.49. The van der Waals surface area contributed by atoms with Crippen molar-refractivity contribution in [3.05, 3.63) is 28.8 Å². The maximum absolute atomic E-state index is 15.3. The van der Waals surface area contributed by atoms with E-state index >= 15 is 4.39 Å². The molecule has 2 N–H and O–H groups in total. The van der Waals surface area contributed by atoms with Crippen LogP contribution in [0.3, 0.4) is 0 Å². The van der Waals surface area contributed by atoms with Gasteiger partial charge in [0, 0.05) is 12.8 Å². The molecule has 1 aliphatic carbocycles. The number of urea groups is 1. The second-order valence-electron chi connectivity index (χ2n) is 9.28. The van der Waals surface area contributed by atoms with Gasteiger partial charge >= 0.3 is 18.2 Å². The molecule has 3 fully saturated rings. The number of hydrogen-bond donors (Lipinski definition) is 2. The number of carboxylic acids is 1. The smallest absolute Gasteiger partial charge is 0.406 e. The van der Waals surface area contributed by atoms with Gasteiger partial charge in [0.1, 0.15) is 17.1 Å². The predicted octanol–water partition coefficient (Wildman–Crippen LogP) is 2.67. The number of carbonyl (C=O) groups is 3. The Morgan fingerprint density at radius 1 is 1.21 bits per heavy atom. The van der Waals surface area contributed by atoms with Crippen LogP contribution in [0, 0.1) is 11.6 Å². The van der Waals surface area contributed by atoms with Gasteiger partial charge in [-0.2, -0.15) is 13.2 Å². The number of imide groups is 1. The Hall–Kier alpha value is -3.44. The minimum absolute atomic E-state index is 0.0838. The van der Waals surface area contributed by atoms with E-state index in [1.165, 1.54) is 0 Å². The summed E-state index contributed by atoms with van der Waals surface area (Å²) < 4.78 is 78.8. The number of aliphatic hydroxyl groups is 1. The zero-order chi connectivity index (χ0) is 28.3. The first-order chi connectivity index (χ1) is 18.3. The number of halogens is 5. The summed E-state index contributed by atoms with van der Waals surface area (Å²) in [7, 11) is 0. The standard InChI is InChI=1S/C22H19F5N4O7S/c23-11-2-1-10(15(24)16(11)38-14-6-9(32)5-12(37-14)18(33)34)17-29-28-13(39-17)7-31-20(36)30(8-22(25,26)27)19(35)21(31)3-4-21/h1-2,9,12,14,32H,3-8H2,(H,33,34)/t9?,12?,14-/m0/s1. The maximum atomic E-state index is 15.3. The van der Waals surface area contributed by atoms with Crippen molar-refractivity contribution in [2.45, 2.75) is 62.4 Å². The van der Waals surface area contributed by atoms with Crippen LogP contribution < -0.4 is 4.74 Å². The molecule has 2 saturated heterocycles. The number of carbonyl (C=O) groups excluding carboxylic acids is 2. The number of ether oxygens (including phenoxy) is 2. The molecular formula is C22H19F5N4O7S. The number of nitrogens with zero attached hydrogens (tertiary/aromatic N) is 4. The van der Waals surface area contributed by atoms with Crippen LogP contribution in [0.5, 0.6) is 5.75 Å². The van der Waals surface area contributed by atoms with Gasteiger partial charge < -0.3 is 24.6 Å². The zero-order valence-corrected chi connectivity index (χ0v) is 20.5. The van der Waals surface area contributed by atoms with Crippen molar-refractivity contribution in [3.63, 3.8) is 0 Å². The normalized spacial score (nSPS) is 24.5. The van der Waals surface area contributed by atoms with Crippen LogP contribution in [-0.4, -0.2) is 84.9 Å². The SMILES string of the molecule is O=C(O)C1CC(O)C[C@H](Oc2c(F)ccc(-c3nnc(CN4C(=O)N(CC(F)(F)F)C(=O)C45CC5)s3)c2F)O1. The fourth-order valence-electron chi connectivity index (χ4n) is 4.52. The Kier molecular flexibility index (Phi) is 6.70. The fraction of sp³-hybridized carbons (Fsp3) is 0.500. The Bertz CT molecular complexity index is 1330. The first-order valence-electron chi connectivity index (χ1n) is 11.5. The molecule has 2 aromatic rings. The topological polar surface area (TPSA) is 142 Å². The number of aliphatic carboxylic acids is 1. The molecule has 210 valence electrons. The lowest BCUT2D eigenvalue weighted by Gasteiger charge is -2.31. The van der Waals surface area contributed by atoms with E-state index < -0.39 is 72.0 Å². The van der Waals surface area contributed by atoms with Crippen LogP contribution in [0.2, 0.25) is 0 Å². The Morgan fingerprint density at radius 3 is 2.56 bits per heavy atom. The van der Waals surface area contributed by atoms with E-state index in [0.717, 1.165) is 28.4 Å². The molecule has 3 heterocycles. The zero-order valence-electron chi connectivity index (χ0n) is 19.7. The molecule has 0 bridgehead atoms. The number of amides is 3. The molecule has 17 heteroatoms. The molecule has 2 aliphatic heterocycles. The van der Waals surface area contributed by atoms with Crippen molar-refractivity contribution in [1.29, 1.82) is 0 Å². The molecule has 3 amide bonds.